The molecular formula is C21H24N2O4. The van der Waals surface area contributed by atoms with Crippen molar-refractivity contribution in [3.05, 3.63) is 54.1 Å². The molecule has 1 N–H and O–H groups in total. The molecule has 0 unspecified atom stereocenters. The van der Waals surface area contributed by atoms with Crippen LogP contribution in [0.1, 0.15) is 18.9 Å². The molecule has 6 nitrogen and oxygen atoms in total. The number of nitrogens with one attached hydrogen (secondary N) is 1. The Kier molecular flexibility index (Phi) is 5.96. The topological polar surface area (TPSA) is 67.9 Å². The van der Waals surface area contributed by atoms with E-state index in [1.54, 1.807) is 24.1 Å². The minimum Gasteiger partial charge on any atom is -0.497 e. The zero-order chi connectivity index (χ0) is 19.2. The summed E-state index contributed by atoms with van der Waals surface area (Å²) in [7, 11) is 1.62. The van der Waals surface area contributed by atoms with E-state index in [-0.39, 0.29) is 24.2 Å². The summed E-state index contributed by atoms with van der Waals surface area (Å²) in [4.78, 5) is 26.5. The maximum Gasteiger partial charge on any atom is 0.229 e. The summed E-state index contributed by atoms with van der Waals surface area (Å²) in [6.45, 7) is 3.44. The molecule has 2 amide bonds. The highest BCUT2D eigenvalue weighted by molar-refractivity contribution is 5.97. The molecule has 27 heavy (non-hydrogen) atoms. The molecule has 0 radical (unpaired) electrons. The number of carbonyl (C=O) groups excluding carboxylic acids is 2. The van der Waals surface area contributed by atoms with Gasteiger partial charge in [0.1, 0.15) is 11.5 Å². The highest BCUT2D eigenvalue weighted by Crippen LogP contribution is 2.23. The van der Waals surface area contributed by atoms with E-state index in [1.165, 1.54) is 0 Å². The van der Waals surface area contributed by atoms with Crippen LogP contribution in [0.2, 0.25) is 0 Å². The van der Waals surface area contributed by atoms with E-state index in [0.717, 1.165) is 17.1 Å². The van der Waals surface area contributed by atoms with Gasteiger partial charge >= 0.3 is 0 Å². The molecule has 3 rings (SSSR count). The van der Waals surface area contributed by atoms with Crippen molar-refractivity contribution in [2.75, 3.05) is 25.6 Å². The van der Waals surface area contributed by atoms with Crippen molar-refractivity contribution in [3.63, 3.8) is 0 Å². The van der Waals surface area contributed by atoms with Crippen LogP contribution in [0.4, 0.5) is 5.69 Å². The highest BCUT2D eigenvalue weighted by atomic mass is 16.5. The fraction of sp³-hybridized carbons (Fsp3) is 0.333. The first-order valence-corrected chi connectivity index (χ1v) is 9.03. The smallest absolute Gasteiger partial charge is 0.229 e. The normalized spacial score (nSPS) is 16.3. The van der Waals surface area contributed by atoms with Gasteiger partial charge in [-0.05, 0) is 48.9 Å². The molecule has 0 aliphatic carbocycles. The quantitative estimate of drug-likeness (QED) is 0.816. The summed E-state index contributed by atoms with van der Waals surface area (Å²) in [5.74, 6) is 1.06. The second-order valence-electron chi connectivity index (χ2n) is 6.47. The molecule has 0 bridgehead atoms. The highest BCUT2D eigenvalue weighted by Gasteiger charge is 2.34. The minimum absolute atomic E-state index is 0.00217. The van der Waals surface area contributed by atoms with Crippen LogP contribution in [0.25, 0.3) is 0 Å². The third kappa shape index (κ3) is 4.78. The molecule has 1 aliphatic heterocycles. The Morgan fingerprint density at radius 1 is 1.11 bits per heavy atom. The van der Waals surface area contributed by atoms with Gasteiger partial charge in [0.05, 0.1) is 19.6 Å². The molecular weight excluding hydrogens is 344 g/mol. The third-order valence-corrected chi connectivity index (χ3v) is 4.55. The molecule has 1 heterocycles. The molecule has 6 heteroatoms. The first-order valence-electron chi connectivity index (χ1n) is 9.03. The maximum absolute atomic E-state index is 12.5. The average molecular weight is 368 g/mol. The molecule has 142 valence electrons. The Hall–Kier alpha value is -3.02. The van der Waals surface area contributed by atoms with E-state index in [4.69, 9.17) is 9.47 Å². The molecule has 0 spiro atoms. The van der Waals surface area contributed by atoms with E-state index < -0.39 is 0 Å². The number of likely N-dealkylation sites (tertiary alicyclic amines) is 1. The second kappa shape index (κ2) is 8.58. The van der Waals surface area contributed by atoms with Gasteiger partial charge in [-0.25, -0.2) is 0 Å². The molecule has 0 aromatic heterocycles. The Morgan fingerprint density at radius 3 is 2.41 bits per heavy atom. The lowest BCUT2D eigenvalue weighted by Gasteiger charge is -2.17. The average Bonchev–Trinajstić information content (AvgIpc) is 3.05. The van der Waals surface area contributed by atoms with Gasteiger partial charge in [-0.15, -0.1) is 0 Å². The predicted molar refractivity (Wildman–Crippen MR) is 103 cm³/mol. The summed E-state index contributed by atoms with van der Waals surface area (Å²) in [6.07, 6.45) is 0.235. The van der Waals surface area contributed by atoms with Crippen molar-refractivity contribution in [1.29, 1.82) is 0 Å². The lowest BCUT2D eigenvalue weighted by molar-refractivity contribution is -0.128. The van der Waals surface area contributed by atoms with Crippen LogP contribution >= 0.6 is 0 Å². The Bertz CT molecular complexity index is 787. The second-order valence-corrected chi connectivity index (χ2v) is 6.47. The summed E-state index contributed by atoms with van der Waals surface area (Å²) in [5.41, 5.74) is 1.71. The van der Waals surface area contributed by atoms with E-state index in [0.29, 0.717) is 25.4 Å². The van der Waals surface area contributed by atoms with Crippen molar-refractivity contribution >= 4 is 17.5 Å². The summed E-state index contributed by atoms with van der Waals surface area (Å²) >= 11 is 0. The summed E-state index contributed by atoms with van der Waals surface area (Å²) in [5, 5.41) is 2.88. The Labute approximate surface area is 159 Å². The summed E-state index contributed by atoms with van der Waals surface area (Å²) < 4.78 is 10.5. The van der Waals surface area contributed by atoms with Crippen molar-refractivity contribution in [2.24, 2.45) is 5.92 Å². The van der Waals surface area contributed by atoms with Gasteiger partial charge in [-0.3, -0.25) is 9.59 Å². The van der Waals surface area contributed by atoms with Gasteiger partial charge in [0.25, 0.3) is 0 Å². The minimum atomic E-state index is -0.345. The van der Waals surface area contributed by atoms with Crippen LogP contribution in [-0.2, 0) is 16.1 Å². The van der Waals surface area contributed by atoms with Crippen molar-refractivity contribution < 1.29 is 19.1 Å². The van der Waals surface area contributed by atoms with Gasteiger partial charge in [-0.1, -0.05) is 12.1 Å². The molecule has 2 aromatic rings. The maximum atomic E-state index is 12.5. The third-order valence-electron chi connectivity index (χ3n) is 4.55. The fourth-order valence-electron chi connectivity index (χ4n) is 3.10. The number of rotatable bonds is 7. The van der Waals surface area contributed by atoms with Crippen molar-refractivity contribution in [1.82, 2.24) is 4.90 Å². The van der Waals surface area contributed by atoms with Crippen LogP contribution in [0.3, 0.4) is 0 Å². The van der Waals surface area contributed by atoms with Gasteiger partial charge < -0.3 is 19.7 Å². The molecule has 1 aliphatic rings. The van der Waals surface area contributed by atoms with E-state index in [2.05, 4.69) is 5.32 Å². The van der Waals surface area contributed by atoms with Crippen LogP contribution in [-0.4, -0.2) is 37.0 Å². The first kappa shape index (κ1) is 18.8. The Balaban J connectivity index is 1.56. The standard InChI is InChI=1S/C21H24N2O4/c1-3-27-19-10-6-17(7-11-19)22-21(25)16-12-20(24)23(14-16)13-15-4-8-18(26-2)9-5-15/h4-11,16H,3,12-14H2,1-2H3,(H,22,25)/t16-/m0/s1. The van der Waals surface area contributed by atoms with Crippen LogP contribution in [0, 0.1) is 5.92 Å². The number of carbonyl (C=O) groups is 2. The monoisotopic (exact) mass is 368 g/mol. The number of benzene rings is 2. The number of nitrogens with zero attached hydrogens (tertiary/aromatic N) is 1. The molecule has 1 saturated heterocycles. The number of anilines is 1. The van der Waals surface area contributed by atoms with E-state index in [1.807, 2.05) is 43.3 Å². The first-order chi connectivity index (χ1) is 13.1. The number of amides is 2. The molecule has 1 fully saturated rings. The van der Waals surface area contributed by atoms with Crippen molar-refractivity contribution in [2.45, 2.75) is 19.9 Å². The molecule has 0 saturated carbocycles. The zero-order valence-corrected chi connectivity index (χ0v) is 15.6. The number of ether oxygens (including phenoxy) is 2. The van der Waals surface area contributed by atoms with Crippen molar-refractivity contribution in [3.8, 4) is 11.5 Å². The Morgan fingerprint density at radius 2 is 1.78 bits per heavy atom. The zero-order valence-electron chi connectivity index (χ0n) is 15.6. The van der Waals surface area contributed by atoms with Gasteiger partial charge in [0.2, 0.25) is 11.8 Å². The van der Waals surface area contributed by atoms with Crippen LogP contribution in [0.5, 0.6) is 11.5 Å². The van der Waals surface area contributed by atoms with Gasteiger partial charge in [0, 0.05) is 25.2 Å². The van der Waals surface area contributed by atoms with E-state index in [9.17, 15) is 9.59 Å². The SMILES string of the molecule is CCOc1ccc(NC(=O)[C@H]2CC(=O)N(Cc3ccc(OC)cc3)C2)cc1. The predicted octanol–water partition coefficient (Wildman–Crippen LogP) is 3.08. The van der Waals surface area contributed by atoms with Gasteiger partial charge in [-0.2, -0.15) is 0 Å². The van der Waals surface area contributed by atoms with Gasteiger partial charge in [0.15, 0.2) is 0 Å². The molecule has 2 aromatic carbocycles. The lowest BCUT2D eigenvalue weighted by atomic mass is 10.1. The molecule has 1 atom stereocenters. The number of hydrogen-bond acceptors (Lipinski definition) is 4. The number of methoxy groups -OCH3 is 1. The van der Waals surface area contributed by atoms with E-state index >= 15 is 0 Å². The van der Waals surface area contributed by atoms with Crippen LogP contribution in [0.15, 0.2) is 48.5 Å². The largest absolute Gasteiger partial charge is 0.497 e. The summed E-state index contributed by atoms with van der Waals surface area (Å²) in [6, 6.07) is 14.8. The fourth-order valence-corrected chi connectivity index (χ4v) is 3.10. The lowest BCUT2D eigenvalue weighted by Crippen LogP contribution is -2.28. The number of hydrogen-bond donors (Lipinski definition) is 1. The van der Waals surface area contributed by atoms with Crippen LogP contribution < -0.4 is 14.8 Å².